The molecule has 0 spiro atoms. The Morgan fingerprint density at radius 1 is 1.19 bits per heavy atom. The molecular weight excluding hydrogens is 384 g/mol. The quantitative estimate of drug-likeness (QED) is 0.465. The molecule has 2 aromatic carbocycles. The molecule has 138 valence electrons. The van der Waals surface area contributed by atoms with Crippen LogP contribution in [0.5, 0.6) is 0 Å². The first kappa shape index (κ1) is 19.0. The highest BCUT2D eigenvalue weighted by molar-refractivity contribution is 7.97. The Labute approximate surface area is 164 Å². The Bertz CT molecular complexity index is 960. The lowest BCUT2D eigenvalue weighted by Gasteiger charge is -2.03. The van der Waals surface area contributed by atoms with Crippen molar-refractivity contribution in [1.29, 1.82) is 0 Å². The minimum Gasteiger partial charge on any atom is -0.296 e. The molecule has 0 aliphatic heterocycles. The van der Waals surface area contributed by atoms with E-state index in [1.165, 1.54) is 35.1 Å². The number of hydrogen-bond donors (Lipinski definition) is 1. The normalized spacial score (nSPS) is 10.6. The fourth-order valence-corrected chi connectivity index (χ4v) is 4.14. The molecule has 0 aliphatic carbocycles. The molecule has 0 unspecified atom stereocenters. The van der Waals surface area contributed by atoms with Crippen molar-refractivity contribution in [3.63, 3.8) is 0 Å². The number of amides is 1. The van der Waals surface area contributed by atoms with Crippen molar-refractivity contribution in [1.82, 2.24) is 10.2 Å². The van der Waals surface area contributed by atoms with Gasteiger partial charge < -0.3 is 0 Å². The SMILES string of the molecule is Cc1cc(C(=O)Nc2nnc(CSCc3ccccc3)s2)ccc1[N+](=O)[O-]. The van der Waals surface area contributed by atoms with Crippen LogP contribution in [0.15, 0.2) is 48.5 Å². The number of aromatic nitrogens is 2. The average Bonchev–Trinajstić information content (AvgIpc) is 3.09. The summed E-state index contributed by atoms with van der Waals surface area (Å²) >= 11 is 3.05. The van der Waals surface area contributed by atoms with Gasteiger partial charge in [-0.2, -0.15) is 0 Å². The maximum Gasteiger partial charge on any atom is 0.272 e. The maximum absolute atomic E-state index is 12.3. The predicted molar refractivity (Wildman–Crippen MR) is 107 cm³/mol. The Hall–Kier alpha value is -2.78. The van der Waals surface area contributed by atoms with Crippen LogP contribution >= 0.6 is 23.1 Å². The Kier molecular flexibility index (Phi) is 6.15. The molecule has 1 aromatic heterocycles. The summed E-state index contributed by atoms with van der Waals surface area (Å²) in [5.74, 6) is 1.22. The van der Waals surface area contributed by atoms with E-state index in [-0.39, 0.29) is 11.6 Å². The second-order valence-electron chi connectivity index (χ2n) is 5.69. The van der Waals surface area contributed by atoms with Gasteiger partial charge >= 0.3 is 0 Å². The zero-order valence-electron chi connectivity index (χ0n) is 14.4. The van der Waals surface area contributed by atoms with Gasteiger partial charge in [0, 0.05) is 28.7 Å². The van der Waals surface area contributed by atoms with E-state index in [2.05, 4.69) is 27.6 Å². The molecule has 0 atom stereocenters. The number of rotatable bonds is 7. The number of nitrogens with zero attached hydrogens (tertiary/aromatic N) is 3. The van der Waals surface area contributed by atoms with E-state index < -0.39 is 4.92 Å². The maximum atomic E-state index is 12.3. The number of anilines is 1. The van der Waals surface area contributed by atoms with Gasteiger partial charge in [0.1, 0.15) is 5.01 Å². The van der Waals surface area contributed by atoms with E-state index in [0.29, 0.717) is 22.0 Å². The molecule has 1 amide bonds. The van der Waals surface area contributed by atoms with E-state index in [9.17, 15) is 14.9 Å². The molecule has 7 nitrogen and oxygen atoms in total. The van der Waals surface area contributed by atoms with Crippen LogP contribution in [0.2, 0.25) is 0 Å². The van der Waals surface area contributed by atoms with E-state index in [0.717, 1.165) is 10.8 Å². The highest BCUT2D eigenvalue weighted by Crippen LogP contribution is 2.24. The second kappa shape index (κ2) is 8.74. The van der Waals surface area contributed by atoms with Crippen molar-refractivity contribution in [2.75, 3.05) is 5.32 Å². The Balaban J connectivity index is 1.56. The van der Waals surface area contributed by atoms with Gasteiger partial charge in [-0.3, -0.25) is 20.2 Å². The number of carbonyl (C=O) groups excluding carboxylic acids is 1. The predicted octanol–water partition coefficient (Wildman–Crippen LogP) is 4.44. The number of benzene rings is 2. The van der Waals surface area contributed by atoms with Crippen LogP contribution < -0.4 is 5.32 Å². The number of hydrogen-bond acceptors (Lipinski definition) is 7. The monoisotopic (exact) mass is 400 g/mol. The van der Waals surface area contributed by atoms with Crippen molar-refractivity contribution in [2.24, 2.45) is 0 Å². The van der Waals surface area contributed by atoms with Crippen LogP contribution in [0.4, 0.5) is 10.8 Å². The first-order valence-electron chi connectivity index (χ1n) is 8.03. The molecule has 9 heteroatoms. The van der Waals surface area contributed by atoms with Crippen molar-refractivity contribution >= 4 is 39.8 Å². The van der Waals surface area contributed by atoms with Gasteiger partial charge in [-0.15, -0.1) is 22.0 Å². The fraction of sp³-hybridized carbons (Fsp3) is 0.167. The summed E-state index contributed by atoms with van der Waals surface area (Å²) in [6.07, 6.45) is 0. The summed E-state index contributed by atoms with van der Waals surface area (Å²) in [5.41, 5.74) is 2.01. The first-order valence-corrected chi connectivity index (χ1v) is 10.0. The van der Waals surface area contributed by atoms with Crippen LogP contribution in [0.25, 0.3) is 0 Å². The van der Waals surface area contributed by atoms with Crippen LogP contribution in [0, 0.1) is 17.0 Å². The third-order valence-corrected chi connectivity index (χ3v) is 5.72. The molecule has 3 aromatic rings. The largest absolute Gasteiger partial charge is 0.296 e. The second-order valence-corrected chi connectivity index (χ2v) is 7.74. The zero-order valence-corrected chi connectivity index (χ0v) is 16.0. The molecule has 0 saturated carbocycles. The lowest BCUT2D eigenvalue weighted by atomic mass is 10.1. The number of nitrogens with one attached hydrogen (secondary N) is 1. The summed E-state index contributed by atoms with van der Waals surface area (Å²) in [5, 5.41) is 22.9. The van der Waals surface area contributed by atoms with Gasteiger partial charge in [0.05, 0.1) is 4.92 Å². The van der Waals surface area contributed by atoms with Gasteiger partial charge in [0.15, 0.2) is 0 Å². The summed E-state index contributed by atoms with van der Waals surface area (Å²) in [4.78, 5) is 22.7. The van der Waals surface area contributed by atoms with E-state index in [1.807, 2.05) is 18.2 Å². The van der Waals surface area contributed by atoms with Gasteiger partial charge in [0.2, 0.25) is 5.13 Å². The topological polar surface area (TPSA) is 98.0 Å². The third kappa shape index (κ3) is 5.11. The molecule has 3 rings (SSSR count). The van der Waals surface area contributed by atoms with Gasteiger partial charge in [0.25, 0.3) is 11.6 Å². The van der Waals surface area contributed by atoms with Gasteiger partial charge in [-0.25, -0.2) is 0 Å². The molecule has 0 radical (unpaired) electrons. The van der Waals surface area contributed by atoms with Gasteiger partial charge in [-0.1, -0.05) is 41.7 Å². The molecule has 27 heavy (non-hydrogen) atoms. The van der Waals surface area contributed by atoms with Crippen molar-refractivity contribution < 1.29 is 9.72 Å². The Morgan fingerprint density at radius 3 is 2.67 bits per heavy atom. The summed E-state index contributed by atoms with van der Waals surface area (Å²) in [7, 11) is 0. The molecule has 0 saturated heterocycles. The van der Waals surface area contributed by atoms with E-state index >= 15 is 0 Å². The summed E-state index contributed by atoms with van der Waals surface area (Å²) < 4.78 is 0. The number of nitro groups is 1. The van der Waals surface area contributed by atoms with Gasteiger partial charge in [-0.05, 0) is 24.6 Å². The standard InChI is InChI=1S/C18H16N4O3S2/c1-12-9-14(7-8-15(12)22(24)25)17(23)19-18-21-20-16(27-18)11-26-10-13-5-3-2-4-6-13/h2-9H,10-11H2,1H3,(H,19,21,23). The highest BCUT2D eigenvalue weighted by atomic mass is 32.2. The highest BCUT2D eigenvalue weighted by Gasteiger charge is 2.15. The summed E-state index contributed by atoms with van der Waals surface area (Å²) in [6, 6.07) is 14.4. The van der Waals surface area contributed by atoms with Crippen LogP contribution in [-0.4, -0.2) is 21.0 Å². The average molecular weight is 400 g/mol. The number of carbonyl (C=O) groups is 1. The van der Waals surface area contributed by atoms with Crippen LogP contribution in [0.1, 0.15) is 26.5 Å². The third-order valence-electron chi connectivity index (χ3n) is 3.68. The molecule has 0 bridgehead atoms. The van der Waals surface area contributed by atoms with Crippen LogP contribution in [-0.2, 0) is 11.5 Å². The fourth-order valence-electron chi connectivity index (χ4n) is 2.36. The Morgan fingerprint density at radius 2 is 1.96 bits per heavy atom. The number of aryl methyl sites for hydroxylation is 1. The zero-order chi connectivity index (χ0) is 19.2. The molecule has 1 heterocycles. The number of nitro benzene ring substituents is 1. The minimum atomic E-state index is -0.471. The van der Waals surface area contributed by atoms with E-state index in [4.69, 9.17) is 0 Å². The smallest absolute Gasteiger partial charge is 0.272 e. The molecular formula is C18H16N4O3S2. The lowest BCUT2D eigenvalue weighted by molar-refractivity contribution is -0.385. The lowest BCUT2D eigenvalue weighted by Crippen LogP contribution is -2.12. The summed E-state index contributed by atoms with van der Waals surface area (Å²) in [6.45, 7) is 1.60. The first-order chi connectivity index (χ1) is 13.0. The van der Waals surface area contributed by atoms with Crippen molar-refractivity contribution in [3.8, 4) is 0 Å². The van der Waals surface area contributed by atoms with Crippen molar-refractivity contribution in [3.05, 3.63) is 80.3 Å². The van der Waals surface area contributed by atoms with Crippen molar-refractivity contribution in [2.45, 2.75) is 18.4 Å². The van der Waals surface area contributed by atoms with E-state index in [1.54, 1.807) is 18.7 Å². The molecule has 1 N–H and O–H groups in total. The molecule has 0 fully saturated rings. The number of thioether (sulfide) groups is 1. The minimum absolute atomic E-state index is 0.0137. The van der Waals surface area contributed by atoms with Crippen LogP contribution in [0.3, 0.4) is 0 Å². The molecule has 0 aliphatic rings.